The molecule has 0 saturated carbocycles. The van der Waals surface area contributed by atoms with Crippen LogP contribution in [-0.2, 0) is 6.42 Å². The summed E-state index contributed by atoms with van der Waals surface area (Å²) in [6.45, 7) is 4.54. The SMILES string of the molecule is CCCCCNCCc1cc(-c2ncc[nH]2)cc2c1OCO2. The Kier molecular flexibility index (Phi) is 4.96. The smallest absolute Gasteiger partial charge is 0.231 e. The minimum atomic E-state index is 0.299. The minimum absolute atomic E-state index is 0.299. The number of aromatic nitrogens is 2. The molecule has 0 unspecified atom stereocenters. The molecule has 5 heteroatoms. The van der Waals surface area contributed by atoms with Crippen molar-refractivity contribution < 1.29 is 9.47 Å². The number of hydrogen-bond donors (Lipinski definition) is 2. The number of imidazole rings is 1. The summed E-state index contributed by atoms with van der Waals surface area (Å²) in [4.78, 5) is 7.45. The van der Waals surface area contributed by atoms with Gasteiger partial charge >= 0.3 is 0 Å². The summed E-state index contributed by atoms with van der Waals surface area (Å²) >= 11 is 0. The highest BCUT2D eigenvalue weighted by molar-refractivity contribution is 5.64. The molecule has 22 heavy (non-hydrogen) atoms. The predicted octanol–water partition coefficient (Wildman–Crippen LogP) is 3.13. The van der Waals surface area contributed by atoms with Crippen LogP contribution in [0.5, 0.6) is 11.5 Å². The fourth-order valence-corrected chi connectivity index (χ4v) is 2.68. The van der Waals surface area contributed by atoms with Crippen LogP contribution >= 0.6 is 0 Å². The minimum Gasteiger partial charge on any atom is -0.454 e. The van der Waals surface area contributed by atoms with Crippen molar-refractivity contribution in [3.63, 3.8) is 0 Å². The Hall–Kier alpha value is -2.01. The molecule has 118 valence electrons. The Morgan fingerprint density at radius 3 is 3.00 bits per heavy atom. The zero-order valence-corrected chi connectivity index (χ0v) is 13.0. The number of nitrogens with one attached hydrogen (secondary N) is 2. The van der Waals surface area contributed by atoms with Crippen molar-refractivity contribution in [3.05, 3.63) is 30.1 Å². The maximum atomic E-state index is 5.62. The van der Waals surface area contributed by atoms with Crippen molar-refractivity contribution in [1.82, 2.24) is 15.3 Å². The summed E-state index contributed by atoms with van der Waals surface area (Å²) in [7, 11) is 0. The molecule has 3 rings (SSSR count). The van der Waals surface area contributed by atoms with Gasteiger partial charge in [0.05, 0.1) is 0 Å². The van der Waals surface area contributed by atoms with E-state index in [0.717, 1.165) is 42.4 Å². The van der Waals surface area contributed by atoms with Crippen LogP contribution in [0.3, 0.4) is 0 Å². The van der Waals surface area contributed by atoms with Crippen molar-refractivity contribution in [1.29, 1.82) is 0 Å². The number of aromatic amines is 1. The number of benzene rings is 1. The van der Waals surface area contributed by atoms with Gasteiger partial charge in [0.1, 0.15) is 5.82 Å². The highest BCUT2D eigenvalue weighted by Gasteiger charge is 2.20. The molecule has 1 aromatic carbocycles. The number of unbranched alkanes of at least 4 members (excludes halogenated alkanes) is 2. The van der Waals surface area contributed by atoms with Crippen LogP contribution in [0.2, 0.25) is 0 Å². The largest absolute Gasteiger partial charge is 0.454 e. The third kappa shape index (κ3) is 3.42. The van der Waals surface area contributed by atoms with E-state index in [0.29, 0.717) is 6.79 Å². The van der Waals surface area contributed by atoms with Crippen molar-refractivity contribution in [2.75, 3.05) is 19.9 Å². The molecule has 0 fully saturated rings. The number of fused-ring (bicyclic) bond motifs is 1. The molecule has 2 N–H and O–H groups in total. The zero-order valence-electron chi connectivity index (χ0n) is 13.0. The van der Waals surface area contributed by atoms with E-state index in [-0.39, 0.29) is 0 Å². The van der Waals surface area contributed by atoms with Gasteiger partial charge in [0.15, 0.2) is 11.5 Å². The molecule has 0 atom stereocenters. The van der Waals surface area contributed by atoms with Crippen LogP contribution < -0.4 is 14.8 Å². The summed E-state index contributed by atoms with van der Waals surface area (Å²) in [5.41, 5.74) is 2.21. The Balaban J connectivity index is 1.67. The second-order valence-corrected chi connectivity index (χ2v) is 5.51. The Morgan fingerprint density at radius 1 is 1.23 bits per heavy atom. The van der Waals surface area contributed by atoms with E-state index in [1.807, 2.05) is 12.3 Å². The molecule has 2 heterocycles. The topological polar surface area (TPSA) is 59.2 Å². The molecular formula is C17H23N3O2. The second kappa shape index (κ2) is 7.31. The van der Waals surface area contributed by atoms with E-state index in [9.17, 15) is 0 Å². The molecule has 1 aliphatic rings. The average Bonchev–Trinajstić information content (AvgIpc) is 3.20. The number of nitrogens with zero attached hydrogens (tertiary/aromatic N) is 1. The Bertz CT molecular complexity index is 596. The molecule has 0 amide bonds. The summed E-state index contributed by atoms with van der Waals surface area (Å²) in [6, 6.07) is 4.12. The van der Waals surface area contributed by atoms with E-state index in [1.165, 1.54) is 24.8 Å². The molecule has 0 saturated heterocycles. The first kappa shape index (κ1) is 14.9. The van der Waals surface area contributed by atoms with Crippen LogP contribution in [0.4, 0.5) is 0 Å². The molecule has 5 nitrogen and oxygen atoms in total. The predicted molar refractivity (Wildman–Crippen MR) is 86.2 cm³/mol. The van der Waals surface area contributed by atoms with Crippen LogP contribution in [0.1, 0.15) is 31.7 Å². The van der Waals surface area contributed by atoms with E-state index in [2.05, 4.69) is 28.3 Å². The molecule has 0 bridgehead atoms. The Labute approximate surface area is 131 Å². The van der Waals surface area contributed by atoms with Crippen molar-refractivity contribution in [2.45, 2.75) is 32.6 Å². The lowest BCUT2D eigenvalue weighted by atomic mass is 10.1. The lowest BCUT2D eigenvalue weighted by Crippen LogP contribution is -2.18. The molecular weight excluding hydrogens is 278 g/mol. The number of ether oxygens (including phenoxy) is 2. The molecule has 1 aliphatic heterocycles. The second-order valence-electron chi connectivity index (χ2n) is 5.51. The van der Waals surface area contributed by atoms with E-state index < -0.39 is 0 Å². The Morgan fingerprint density at radius 2 is 2.18 bits per heavy atom. The standard InChI is InChI=1S/C17H23N3O2/c1-2-3-4-6-18-7-5-13-10-14(17-19-8-9-20-17)11-15-16(13)22-12-21-15/h8-11,18H,2-7,12H2,1H3,(H,19,20). The van der Waals surface area contributed by atoms with Gasteiger partial charge in [-0.15, -0.1) is 0 Å². The van der Waals surface area contributed by atoms with Gasteiger partial charge in [-0.05, 0) is 38.1 Å². The molecule has 2 aromatic rings. The lowest BCUT2D eigenvalue weighted by molar-refractivity contribution is 0.173. The fourth-order valence-electron chi connectivity index (χ4n) is 2.68. The third-order valence-electron chi connectivity index (χ3n) is 3.85. The summed E-state index contributed by atoms with van der Waals surface area (Å²) in [5, 5.41) is 3.49. The monoisotopic (exact) mass is 301 g/mol. The highest BCUT2D eigenvalue weighted by Crippen LogP contribution is 2.39. The van der Waals surface area contributed by atoms with Gasteiger partial charge in [0.25, 0.3) is 0 Å². The normalized spacial score (nSPS) is 12.8. The lowest BCUT2D eigenvalue weighted by Gasteiger charge is -2.09. The molecule has 1 aromatic heterocycles. The van der Waals surface area contributed by atoms with E-state index >= 15 is 0 Å². The van der Waals surface area contributed by atoms with Crippen molar-refractivity contribution in [2.24, 2.45) is 0 Å². The average molecular weight is 301 g/mol. The van der Waals surface area contributed by atoms with Crippen molar-refractivity contribution in [3.8, 4) is 22.9 Å². The molecule has 0 aliphatic carbocycles. The maximum absolute atomic E-state index is 5.62. The first-order valence-corrected chi connectivity index (χ1v) is 8.01. The number of rotatable bonds is 8. The highest BCUT2D eigenvalue weighted by atomic mass is 16.7. The van der Waals surface area contributed by atoms with Gasteiger partial charge in [0, 0.05) is 23.5 Å². The van der Waals surface area contributed by atoms with E-state index in [4.69, 9.17) is 9.47 Å². The van der Waals surface area contributed by atoms with Gasteiger partial charge in [-0.3, -0.25) is 0 Å². The van der Waals surface area contributed by atoms with Crippen LogP contribution in [0.25, 0.3) is 11.4 Å². The number of hydrogen-bond acceptors (Lipinski definition) is 4. The third-order valence-corrected chi connectivity index (χ3v) is 3.85. The first-order valence-electron chi connectivity index (χ1n) is 8.01. The van der Waals surface area contributed by atoms with E-state index in [1.54, 1.807) is 6.20 Å². The van der Waals surface area contributed by atoms with Crippen LogP contribution in [0, 0.1) is 0 Å². The number of H-pyrrole nitrogens is 1. The maximum Gasteiger partial charge on any atom is 0.231 e. The van der Waals surface area contributed by atoms with Crippen LogP contribution in [-0.4, -0.2) is 29.9 Å². The van der Waals surface area contributed by atoms with Gasteiger partial charge in [-0.2, -0.15) is 0 Å². The van der Waals surface area contributed by atoms with Gasteiger partial charge in [-0.25, -0.2) is 4.98 Å². The molecule has 0 radical (unpaired) electrons. The molecule has 0 spiro atoms. The van der Waals surface area contributed by atoms with Crippen LogP contribution in [0.15, 0.2) is 24.5 Å². The zero-order chi connectivity index (χ0) is 15.2. The van der Waals surface area contributed by atoms with Gasteiger partial charge in [-0.1, -0.05) is 19.8 Å². The quantitative estimate of drug-likeness (QED) is 0.735. The fraction of sp³-hybridized carbons (Fsp3) is 0.471. The first-order chi connectivity index (χ1) is 10.9. The van der Waals surface area contributed by atoms with Crippen molar-refractivity contribution >= 4 is 0 Å². The van der Waals surface area contributed by atoms with Gasteiger partial charge < -0.3 is 19.8 Å². The van der Waals surface area contributed by atoms with Gasteiger partial charge in [0.2, 0.25) is 6.79 Å². The summed E-state index contributed by atoms with van der Waals surface area (Å²) in [6.07, 6.45) is 8.29. The summed E-state index contributed by atoms with van der Waals surface area (Å²) < 4.78 is 11.2. The summed E-state index contributed by atoms with van der Waals surface area (Å²) in [5.74, 6) is 2.55.